The Hall–Kier alpha value is -1.58. The largest absolute Gasteiger partial charge is 0.370 e. The molecule has 0 aromatic carbocycles. The summed E-state index contributed by atoms with van der Waals surface area (Å²) in [6.07, 6.45) is 1.04. The first-order chi connectivity index (χ1) is 8.22. The maximum Gasteiger partial charge on any atom is 0.272 e. The van der Waals surface area contributed by atoms with E-state index >= 15 is 0 Å². The highest BCUT2D eigenvalue weighted by Crippen LogP contribution is 2.07. The van der Waals surface area contributed by atoms with Crippen molar-refractivity contribution in [1.29, 1.82) is 0 Å². The monoisotopic (exact) mass is 235 g/mol. The number of hydrogen-bond donors (Lipinski definition) is 1. The Bertz CT molecular complexity index is 361. The van der Waals surface area contributed by atoms with Gasteiger partial charge in [0.2, 0.25) is 0 Å². The minimum absolute atomic E-state index is 0.00449. The number of pyridine rings is 1. The molecule has 0 spiro atoms. The Morgan fingerprint density at radius 3 is 2.59 bits per heavy atom. The van der Waals surface area contributed by atoms with Gasteiger partial charge in [-0.05, 0) is 32.4 Å². The van der Waals surface area contributed by atoms with Crippen molar-refractivity contribution >= 4 is 11.7 Å². The third-order valence-electron chi connectivity index (χ3n) is 2.57. The number of carbonyl (C=O) groups is 1. The fraction of sp³-hybridized carbons (Fsp3) is 0.538. The van der Waals surface area contributed by atoms with Gasteiger partial charge in [0.05, 0.1) is 0 Å². The van der Waals surface area contributed by atoms with Gasteiger partial charge in [-0.15, -0.1) is 0 Å². The molecule has 4 heteroatoms. The van der Waals surface area contributed by atoms with Crippen molar-refractivity contribution in [2.24, 2.45) is 0 Å². The van der Waals surface area contributed by atoms with E-state index in [1.54, 1.807) is 11.0 Å². The standard InChI is InChI=1S/C13H21N3O/c1-4-10-14-12-9-7-8-11(15-12)13(17)16(5-2)6-3/h7-9H,4-6,10H2,1-3H3,(H,14,15). The van der Waals surface area contributed by atoms with Crippen molar-refractivity contribution in [3.63, 3.8) is 0 Å². The van der Waals surface area contributed by atoms with Crippen molar-refractivity contribution < 1.29 is 4.79 Å². The molecule has 0 radical (unpaired) electrons. The molecule has 0 atom stereocenters. The maximum atomic E-state index is 12.1. The second kappa shape index (κ2) is 6.89. The highest BCUT2D eigenvalue weighted by molar-refractivity contribution is 5.92. The number of nitrogens with one attached hydrogen (secondary N) is 1. The molecule has 0 saturated heterocycles. The molecular weight excluding hydrogens is 214 g/mol. The minimum Gasteiger partial charge on any atom is -0.370 e. The Kier molecular flexibility index (Phi) is 5.46. The lowest BCUT2D eigenvalue weighted by molar-refractivity contribution is 0.0767. The zero-order valence-electron chi connectivity index (χ0n) is 10.9. The molecular formula is C13H21N3O. The van der Waals surface area contributed by atoms with Gasteiger partial charge in [0, 0.05) is 19.6 Å². The average Bonchev–Trinajstić information content (AvgIpc) is 2.38. The number of hydrogen-bond acceptors (Lipinski definition) is 3. The molecule has 1 aromatic heterocycles. The van der Waals surface area contributed by atoms with Gasteiger partial charge >= 0.3 is 0 Å². The van der Waals surface area contributed by atoms with Gasteiger partial charge in [0.1, 0.15) is 11.5 Å². The third kappa shape index (κ3) is 3.73. The van der Waals surface area contributed by atoms with Gasteiger partial charge in [0.25, 0.3) is 5.91 Å². The summed E-state index contributed by atoms with van der Waals surface area (Å²) in [4.78, 5) is 18.2. The van der Waals surface area contributed by atoms with Crippen LogP contribution in [0.25, 0.3) is 0 Å². The van der Waals surface area contributed by atoms with E-state index in [1.165, 1.54) is 0 Å². The number of anilines is 1. The molecule has 0 saturated carbocycles. The second-order valence-electron chi connectivity index (χ2n) is 3.81. The first kappa shape index (κ1) is 13.5. The smallest absolute Gasteiger partial charge is 0.272 e. The van der Waals surface area contributed by atoms with Crippen LogP contribution < -0.4 is 5.32 Å². The van der Waals surface area contributed by atoms with E-state index in [4.69, 9.17) is 0 Å². The predicted octanol–water partition coefficient (Wildman–Crippen LogP) is 2.39. The summed E-state index contributed by atoms with van der Waals surface area (Å²) in [6.45, 7) is 8.34. The molecule has 1 N–H and O–H groups in total. The number of rotatable bonds is 6. The summed E-state index contributed by atoms with van der Waals surface area (Å²) in [6, 6.07) is 5.51. The van der Waals surface area contributed by atoms with E-state index in [9.17, 15) is 4.79 Å². The molecule has 1 heterocycles. The average molecular weight is 235 g/mol. The third-order valence-corrected chi connectivity index (χ3v) is 2.57. The van der Waals surface area contributed by atoms with Crippen molar-refractivity contribution in [3.05, 3.63) is 23.9 Å². The summed E-state index contributed by atoms with van der Waals surface area (Å²) < 4.78 is 0. The zero-order chi connectivity index (χ0) is 12.7. The lowest BCUT2D eigenvalue weighted by Crippen LogP contribution is -2.31. The summed E-state index contributed by atoms with van der Waals surface area (Å²) in [7, 11) is 0. The van der Waals surface area contributed by atoms with Gasteiger partial charge in [-0.1, -0.05) is 13.0 Å². The van der Waals surface area contributed by atoms with Crippen molar-refractivity contribution in [3.8, 4) is 0 Å². The summed E-state index contributed by atoms with van der Waals surface area (Å²) in [5.41, 5.74) is 0.509. The summed E-state index contributed by atoms with van der Waals surface area (Å²) in [5.74, 6) is 0.764. The van der Waals surface area contributed by atoms with E-state index in [-0.39, 0.29) is 5.91 Å². The van der Waals surface area contributed by atoms with Crippen LogP contribution in [0.4, 0.5) is 5.82 Å². The number of amides is 1. The van der Waals surface area contributed by atoms with Crippen molar-refractivity contribution in [1.82, 2.24) is 9.88 Å². The number of nitrogens with zero attached hydrogens (tertiary/aromatic N) is 2. The molecule has 1 amide bonds. The molecule has 0 aliphatic heterocycles. The van der Waals surface area contributed by atoms with E-state index in [0.717, 1.165) is 18.8 Å². The Morgan fingerprint density at radius 2 is 2.00 bits per heavy atom. The maximum absolute atomic E-state index is 12.1. The Labute approximate surface area is 103 Å². The van der Waals surface area contributed by atoms with E-state index < -0.39 is 0 Å². The van der Waals surface area contributed by atoms with Crippen LogP contribution in [0, 0.1) is 0 Å². The van der Waals surface area contributed by atoms with Gasteiger partial charge in [-0.3, -0.25) is 4.79 Å². The lowest BCUT2D eigenvalue weighted by atomic mass is 10.3. The van der Waals surface area contributed by atoms with Crippen LogP contribution in [0.1, 0.15) is 37.7 Å². The van der Waals surface area contributed by atoms with Gasteiger partial charge < -0.3 is 10.2 Å². The molecule has 0 fully saturated rings. The van der Waals surface area contributed by atoms with Crippen molar-refractivity contribution in [2.75, 3.05) is 25.0 Å². The molecule has 0 bridgehead atoms. The SMILES string of the molecule is CCCNc1cccc(C(=O)N(CC)CC)n1. The van der Waals surface area contributed by atoms with Crippen LogP contribution in [-0.2, 0) is 0 Å². The molecule has 4 nitrogen and oxygen atoms in total. The van der Waals surface area contributed by atoms with Gasteiger partial charge in [0.15, 0.2) is 0 Å². The lowest BCUT2D eigenvalue weighted by Gasteiger charge is -2.18. The van der Waals surface area contributed by atoms with E-state index in [0.29, 0.717) is 18.8 Å². The highest BCUT2D eigenvalue weighted by atomic mass is 16.2. The van der Waals surface area contributed by atoms with Gasteiger partial charge in [-0.2, -0.15) is 0 Å². The van der Waals surface area contributed by atoms with Crippen LogP contribution in [-0.4, -0.2) is 35.4 Å². The number of carbonyl (C=O) groups excluding carboxylic acids is 1. The van der Waals surface area contributed by atoms with Crippen LogP contribution in [0.15, 0.2) is 18.2 Å². The normalized spacial score (nSPS) is 10.1. The molecule has 0 aliphatic carbocycles. The van der Waals surface area contributed by atoms with E-state index in [1.807, 2.05) is 26.0 Å². The fourth-order valence-electron chi connectivity index (χ4n) is 1.58. The van der Waals surface area contributed by atoms with Crippen LogP contribution in [0.5, 0.6) is 0 Å². The van der Waals surface area contributed by atoms with Gasteiger partial charge in [-0.25, -0.2) is 4.98 Å². The zero-order valence-corrected chi connectivity index (χ0v) is 10.9. The Balaban J connectivity index is 2.79. The molecule has 94 valence electrons. The molecule has 1 aromatic rings. The van der Waals surface area contributed by atoms with Crippen molar-refractivity contribution in [2.45, 2.75) is 27.2 Å². The Morgan fingerprint density at radius 1 is 1.29 bits per heavy atom. The van der Waals surface area contributed by atoms with E-state index in [2.05, 4.69) is 17.2 Å². The van der Waals surface area contributed by atoms with Crippen LogP contribution in [0.3, 0.4) is 0 Å². The molecule has 1 rings (SSSR count). The predicted molar refractivity (Wildman–Crippen MR) is 70.3 cm³/mol. The highest BCUT2D eigenvalue weighted by Gasteiger charge is 2.13. The molecule has 17 heavy (non-hydrogen) atoms. The number of aromatic nitrogens is 1. The first-order valence-corrected chi connectivity index (χ1v) is 6.23. The summed E-state index contributed by atoms with van der Waals surface area (Å²) in [5, 5.41) is 3.18. The molecule has 0 aliphatic rings. The second-order valence-corrected chi connectivity index (χ2v) is 3.81. The van der Waals surface area contributed by atoms with Crippen LogP contribution in [0.2, 0.25) is 0 Å². The molecule has 0 unspecified atom stereocenters. The summed E-state index contributed by atoms with van der Waals surface area (Å²) >= 11 is 0. The van der Waals surface area contributed by atoms with Crippen LogP contribution >= 0.6 is 0 Å². The topological polar surface area (TPSA) is 45.2 Å². The minimum atomic E-state index is -0.00449. The quantitative estimate of drug-likeness (QED) is 0.823. The first-order valence-electron chi connectivity index (χ1n) is 6.23. The fourth-order valence-corrected chi connectivity index (χ4v) is 1.58.